The van der Waals surface area contributed by atoms with Crippen molar-refractivity contribution in [2.45, 2.75) is 205 Å². The minimum atomic E-state index is -1.78. The molecule has 0 spiro atoms. The molecule has 0 unspecified atom stereocenters. The number of nitrogens with zero attached hydrogens (tertiary/aromatic N) is 2. The number of likely N-dealkylation sites (tertiary alicyclic amines) is 2. The molecule has 2 aliphatic heterocycles. The van der Waals surface area contributed by atoms with Gasteiger partial charge in [0.05, 0.1) is 25.3 Å². The van der Waals surface area contributed by atoms with Crippen LogP contribution in [0.4, 0.5) is 0 Å². The predicted molar refractivity (Wildman–Crippen MR) is 344 cm³/mol. The summed E-state index contributed by atoms with van der Waals surface area (Å²) in [6, 6.07) is -16.3. The molecule has 36 heteroatoms. The van der Waals surface area contributed by atoms with Crippen molar-refractivity contribution in [2.75, 3.05) is 44.3 Å². The van der Waals surface area contributed by atoms with E-state index >= 15 is 0 Å². The van der Waals surface area contributed by atoms with Gasteiger partial charge in [-0.05, 0) is 76.5 Å². The standard InChI is InChI=1S/C57H99N17O17S2/c1-9-27(4)41(69-40(78)23-63-46(80)32(58)25-92)51(85)65-33(15-12-20-62-57(60)61)47(81)72-44(31(8)76)53(87)64-30(7)45(79)67-35(24-75)48(82)71-43(29(6)11-3)55(89)74-22-14-17-38(74)54(88)73-21-13-16-37(73)50(84)70-42(28(5)10-2)52(86)68-36(26-93)49(83)66-34(56(90)91)18-19-39(59)77/h27-38,41-44,75-76,92-93H,9-26,58H2,1-8H3,(H2,59,77)(H,63,80)(H,64,87)(H,65,85)(H,66,83)(H,67,79)(H,68,86)(H,69,78)(H,70,84)(H,71,82)(H,72,81)(H,90,91)(H4,60,61,62)/t27-,28-,29-,30-,31+,32-,33-,34-,35-,36-,37-,38-,41-,42-,43-,44-/m0/s1. The molecule has 2 saturated heterocycles. The minimum Gasteiger partial charge on any atom is -0.480 e. The number of nitrogens with one attached hydrogen (secondary N) is 12. The number of rotatable bonds is 40. The molecule has 2 rings (SSSR count). The van der Waals surface area contributed by atoms with Gasteiger partial charge < -0.3 is 101 Å². The van der Waals surface area contributed by atoms with E-state index in [1.165, 1.54) is 16.7 Å². The van der Waals surface area contributed by atoms with Crippen LogP contribution in [0.2, 0.25) is 0 Å². The summed E-state index contributed by atoms with van der Waals surface area (Å²) in [5.41, 5.74) is 16.2. The number of carboxylic acid groups (broad SMARTS) is 1. The molecule has 13 amide bonds. The second-order valence-electron chi connectivity index (χ2n) is 23.5. The molecule has 0 bridgehead atoms. The zero-order valence-electron chi connectivity index (χ0n) is 54.0. The highest BCUT2D eigenvalue weighted by Gasteiger charge is 2.46. The van der Waals surface area contributed by atoms with Crippen LogP contribution in [0.15, 0.2) is 0 Å². The van der Waals surface area contributed by atoms with Crippen molar-refractivity contribution in [1.82, 2.24) is 68.3 Å². The summed E-state index contributed by atoms with van der Waals surface area (Å²) in [6.45, 7) is 11.3. The van der Waals surface area contributed by atoms with Gasteiger partial charge in [0, 0.05) is 37.6 Å². The molecule has 0 saturated carbocycles. The maximum absolute atomic E-state index is 14.6. The van der Waals surface area contributed by atoms with E-state index in [2.05, 4.69) is 83.7 Å². The van der Waals surface area contributed by atoms with Gasteiger partial charge in [-0.2, -0.15) is 25.3 Å². The fraction of sp³-hybridized carbons (Fsp3) is 0.737. The number of carboxylic acids is 1. The van der Waals surface area contributed by atoms with E-state index < -0.39 is 192 Å². The molecular formula is C57H99N17O17S2. The number of carbonyl (C=O) groups is 14. The number of aliphatic hydroxyl groups excluding tert-OH is 2. The Morgan fingerprint density at radius 3 is 1.58 bits per heavy atom. The maximum atomic E-state index is 14.6. The molecule has 0 aliphatic carbocycles. The average Bonchev–Trinajstić information content (AvgIpc) is 1.70. The molecular weight excluding hydrogens is 1260 g/mol. The number of hydrogen-bond donors (Lipinski definition) is 20. The Kier molecular flexibility index (Phi) is 35.5. The Labute approximate surface area is 551 Å². The van der Waals surface area contributed by atoms with Crippen molar-refractivity contribution >= 4 is 114 Å². The summed E-state index contributed by atoms with van der Waals surface area (Å²) < 4.78 is 0. The lowest BCUT2D eigenvalue weighted by molar-refractivity contribution is -0.149. The highest BCUT2D eigenvalue weighted by atomic mass is 32.1. The monoisotopic (exact) mass is 1360 g/mol. The summed E-state index contributed by atoms with van der Waals surface area (Å²) in [4.78, 5) is 190. The van der Waals surface area contributed by atoms with Crippen LogP contribution in [-0.2, 0) is 67.1 Å². The normalized spacial score (nSPS) is 19.0. The fourth-order valence-corrected chi connectivity index (χ4v) is 10.4. The predicted octanol–water partition coefficient (Wildman–Crippen LogP) is -6.22. The second-order valence-corrected chi connectivity index (χ2v) is 24.2. The molecule has 2 heterocycles. The molecule has 0 aromatic rings. The van der Waals surface area contributed by atoms with E-state index in [1.807, 2.05) is 0 Å². The van der Waals surface area contributed by atoms with E-state index in [-0.39, 0.29) is 75.6 Å². The Morgan fingerprint density at radius 2 is 1.05 bits per heavy atom. The summed E-state index contributed by atoms with van der Waals surface area (Å²) in [5.74, 6) is -14.6. The number of primary amides is 1. The lowest BCUT2D eigenvalue weighted by atomic mass is 9.96. The van der Waals surface area contributed by atoms with Gasteiger partial charge in [0.2, 0.25) is 76.8 Å². The SMILES string of the molecule is CC[C@H](C)[C@H](NC(=O)CNC(=O)[C@@H](N)CS)C(=O)N[C@@H](CCCNC(=N)N)C(=O)N[C@H](C(=O)N[C@@H](C)C(=O)N[C@@H](CO)C(=O)N[C@H](C(=O)N1CCC[C@H]1C(=O)N1CCC[C@H]1C(=O)N[C@H](C(=O)N[C@@H](CS)C(=O)N[C@@H](CCC(N)=O)C(=O)O)[C@@H](C)CC)[C@@H](C)CC)[C@@H](C)O. The van der Waals surface area contributed by atoms with Crippen LogP contribution < -0.4 is 75.7 Å². The lowest BCUT2D eigenvalue weighted by Gasteiger charge is -2.35. The average molecular weight is 1360 g/mol. The molecule has 2 aliphatic rings. The van der Waals surface area contributed by atoms with Gasteiger partial charge in [-0.1, -0.05) is 60.8 Å². The van der Waals surface area contributed by atoms with Crippen LogP contribution >= 0.6 is 25.3 Å². The molecule has 526 valence electrons. The third-order valence-corrected chi connectivity index (χ3v) is 17.1. The van der Waals surface area contributed by atoms with Crippen LogP contribution in [0.1, 0.15) is 126 Å². The van der Waals surface area contributed by atoms with Crippen molar-refractivity contribution in [3.63, 3.8) is 0 Å². The van der Waals surface area contributed by atoms with E-state index in [9.17, 15) is 82.4 Å². The first-order valence-electron chi connectivity index (χ1n) is 31.2. The van der Waals surface area contributed by atoms with E-state index in [1.54, 1.807) is 41.5 Å². The lowest BCUT2D eigenvalue weighted by Crippen LogP contribution is -2.62. The Hall–Kier alpha value is -7.57. The number of aliphatic carboxylic acids is 1. The van der Waals surface area contributed by atoms with Crippen LogP contribution in [0.25, 0.3) is 0 Å². The topological polar surface area (TPSA) is 540 Å². The maximum Gasteiger partial charge on any atom is 0.326 e. The van der Waals surface area contributed by atoms with Crippen molar-refractivity contribution in [3.8, 4) is 0 Å². The summed E-state index contributed by atoms with van der Waals surface area (Å²) in [7, 11) is 0. The minimum absolute atomic E-state index is 0.00102. The third-order valence-electron chi connectivity index (χ3n) is 16.4. The number of aliphatic hydroxyl groups is 2. The Bertz CT molecular complexity index is 2650. The van der Waals surface area contributed by atoms with Gasteiger partial charge in [0.1, 0.15) is 66.5 Å². The highest BCUT2D eigenvalue weighted by molar-refractivity contribution is 7.80. The smallest absolute Gasteiger partial charge is 0.326 e. The van der Waals surface area contributed by atoms with Crippen LogP contribution in [0, 0.1) is 23.2 Å². The van der Waals surface area contributed by atoms with E-state index in [0.717, 1.165) is 6.92 Å². The number of thiol groups is 2. The fourth-order valence-electron chi connectivity index (χ4n) is 10.0. The van der Waals surface area contributed by atoms with Crippen molar-refractivity contribution in [3.05, 3.63) is 0 Å². The van der Waals surface area contributed by atoms with Crippen LogP contribution in [0.5, 0.6) is 0 Å². The second kappa shape index (κ2) is 40.5. The van der Waals surface area contributed by atoms with Gasteiger partial charge >= 0.3 is 5.97 Å². The molecule has 0 aromatic carbocycles. The molecule has 2 fully saturated rings. The van der Waals surface area contributed by atoms with Crippen molar-refractivity contribution < 1.29 is 82.4 Å². The van der Waals surface area contributed by atoms with Gasteiger partial charge in [-0.15, -0.1) is 0 Å². The van der Waals surface area contributed by atoms with Crippen molar-refractivity contribution in [2.24, 2.45) is 35.0 Å². The molecule has 0 radical (unpaired) electrons. The summed E-state index contributed by atoms with van der Waals surface area (Å²) >= 11 is 8.12. The van der Waals surface area contributed by atoms with E-state index in [0.29, 0.717) is 32.1 Å². The Balaban J connectivity index is 2.26. The first-order valence-corrected chi connectivity index (χ1v) is 32.5. The van der Waals surface area contributed by atoms with Crippen molar-refractivity contribution in [1.29, 1.82) is 5.41 Å². The number of guanidine groups is 1. The van der Waals surface area contributed by atoms with Gasteiger partial charge in [0.15, 0.2) is 5.96 Å². The first kappa shape index (κ1) is 81.5. The Morgan fingerprint density at radius 1 is 0.559 bits per heavy atom. The van der Waals surface area contributed by atoms with Gasteiger partial charge in [-0.3, -0.25) is 67.7 Å². The number of nitrogens with two attached hydrogens (primary N) is 3. The third kappa shape index (κ3) is 25.7. The highest BCUT2D eigenvalue weighted by Crippen LogP contribution is 2.27. The number of hydrogen-bond acceptors (Lipinski definition) is 20. The van der Waals surface area contributed by atoms with Gasteiger partial charge in [0.25, 0.3) is 0 Å². The molecule has 16 atom stereocenters. The zero-order valence-corrected chi connectivity index (χ0v) is 55.8. The van der Waals surface area contributed by atoms with Crippen LogP contribution in [0.3, 0.4) is 0 Å². The molecule has 0 aromatic heterocycles. The van der Waals surface area contributed by atoms with Crippen LogP contribution in [-0.4, -0.2) is 237 Å². The van der Waals surface area contributed by atoms with Gasteiger partial charge in [-0.25, -0.2) is 4.79 Å². The number of carbonyl (C=O) groups excluding carboxylic acids is 13. The molecule has 34 nitrogen and oxygen atoms in total. The van der Waals surface area contributed by atoms with E-state index in [4.69, 9.17) is 22.6 Å². The quantitative estimate of drug-likeness (QED) is 0.0117. The summed E-state index contributed by atoms with van der Waals surface area (Å²) in [5, 5.41) is 65.5. The number of amides is 13. The molecule has 93 heavy (non-hydrogen) atoms. The summed E-state index contributed by atoms with van der Waals surface area (Å²) in [6.07, 6.45) is -0.142. The molecule has 21 N–H and O–H groups in total. The zero-order chi connectivity index (χ0) is 70.6. The first-order chi connectivity index (χ1) is 43.7. The largest absolute Gasteiger partial charge is 0.480 e.